The molecule has 3 aromatic heterocycles. The number of hydrogen-bond donors (Lipinski definition) is 2. The molecule has 3 heterocycles. The number of primary amides is 1. The summed E-state index contributed by atoms with van der Waals surface area (Å²) in [6.45, 7) is 2.08. The first-order valence-corrected chi connectivity index (χ1v) is 8.09. The molecule has 0 aromatic carbocycles. The second-order valence-electron chi connectivity index (χ2n) is 5.67. The van der Waals surface area contributed by atoms with Crippen molar-refractivity contribution >= 4 is 5.91 Å². The smallest absolute Gasteiger partial charge is 0.269 e. The molecule has 7 heteroatoms. The maximum atomic E-state index is 11.9. The van der Waals surface area contributed by atoms with Crippen LogP contribution in [0.25, 0.3) is 17.1 Å². The summed E-state index contributed by atoms with van der Waals surface area (Å²) in [6, 6.07) is 6.88. The zero-order valence-corrected chi connectivity index (χ0v) is 13.9. The van der Waals surface area contributed by atoms with Crippen LogP contribution >= 0.6 is 0 Å². The Morgan fingerprint density at radius 3 is 2.72 bits per heavy atom. The zero-order chi connectivity index (χ0) is 17.8. The Kier molecular flexibility index (Phi) is 4.74. The van der Waals surface area contributed by atoms with Crippen LogP contribution in [-0.4, -0.2) is 30.8 Å². The van der Waals surface area contributed by atoms with Crippen LogP contribution < -0.4 is 5.73 Å². The second-order valence-corrected chi connectivity index (χ2v) is 5.67. The molecule has 0 saturated carbocycles. The molecule has 7 nitrogen and oxygen atoms in total. The summed E-state index contributed by atoms with van der Waals surface area (Å²) in [4.78, 5) is 20.3. The summed E-state index contributed by atoms with van der Waals surface area (Å²) < 4.78 is 1.64. The third-order valence-electron chi connectivity index (χ3n) is 3.88. The largest absolute Gasteiger partial charge is 0.506 e. The summed E-state index contributed by atoms with van der Waals surface area (Å²) >= 11 is 0. The number of carbonyl (C=O) groups is 1. The lowest BCUT2D eigenvalue weighted by Gasteiger charge is -2.09. The average Bonchev–Trinajstić information content (AvgIpc) is 3.01. The molecule has 3 rings (SSSR count). The molecular formula is C18H19N5O2. The van der Waals surface area contributed by atoms with Crippen molar-refractivity contribution in [3.05, 3.63) is 54.1 Å². The van der Waals surface area contributed by atoms with Crippen LogP contribution in [-0.2, 0) is 6.42 Å². The minimum atomic E-state index is -0.575. The molecule has 0 unspecified atom stereocenters. The third-order valence-corrected chi connectivity index (χ3v) is 3.88. The van der Waals surface area contributed by atoms with Gasteiger partial charge in [-0.3, -0.25) is 14.8 Å². The van der Waals surface area contributed by atoms with E-state index in [1.54, 1.807) is 35.3 Å². The molecule has 128 valence electrons. The van der Waals surface area contributed by atoms with E-state index in [-0.39, 0.29) is 11.4 Å². The van der Waals surface area contributed by atoms with Gasteiger partial charge in [0.2, 0.25) is 0 Å². The summed E-state index contributed by atoms with van der Waals surface area (Å²) in [5.41, 5.74) is 8.56. The molecule has 0 aliphatic carbocycles. The highest BCUT2D eigenvalue weighted by Gasteiger charge is 2.23. The molecule has 3 N–H and O–H groups in total. The number of nitrogens with two attached hydrogens (primary N) is 1. The van der Waals surface area contributed by atoms with E-state index in [2.05, 4.69) is 22.0 Å². The minimum absolute atomic E-state index is 0.0708. The van der Waals surface area contributed by atoms with Crippen LogP contribution in [0.4, 0.5) is 0 Å². The maximum Gasteiger partial charge on any atom is 0.269 e. The van der Waals surface area contributed by atoms with Crippen LogP contribution in [0, 0.1) is 0 Å². The molecule has 0 aliphatic rings. The van der Waals surface area contributed by atoms with Crippen molar-refractivity contribution < 1.29 is 9.90 Å². The average molecular weight is 337 g/mol. The van der Waals surface area contributed by atoms with Gasteiger partial charge in [0.25, 0.3) is 5.91 Å². The molecule has 3 aromatic rings. The molecule has 0 aliphatic heterocycles. The van der Waals surface area contributed by atoms with Crippen molar-refractivity contribution in [2.45, 2.75) is 26.2 Å². The van der Waals surface area contributed by atoms with E-state index in [1.807, 2.05) is 6.07 Å². The Morgan fingerprint density at radius 1 is 1.28 bits per heavy atom. The number of nitrogens with zero attached hydrogens (tertiary/aromatic N) is 4. The quantitative estimate of drug-likeness (QED) is 0.718. The predicted molar refractivity (Wildman–Crippen MR) is 93.4 cm³/mol. The van der Waals surface area contributed by atoms with E-state index >= 15 is 0 Å². The van der Waals surface area contributed by atoms with Crippen LogP contribution in [0.15, 0.2) is 42.9 Å². The highest BCUT2D eigenvalue weighted by atomic mass is 16.3. The van der Waals surface area contributed by atoms with E-state index in [9.17, 15) is 9.90 Å². The number of rotatable bonds is 6. The molecule has 0 radical (unpaired) electrons. The normalized spacial score (nSPS) is 10.8. The first-order valence-electron chi connectivity index (χ1n) is 8.09. The van der Waals surface area contributed by atoms with Crippen LogP contribution in [0.1, 0.15) is 35.8 Å². The second kappa shape index (κ2) is 7.12. The summed E-state index contributed by atoms with van der Waals surface area (Å²) in [7, 11) is 0. The van der Waals surface area contributed by atoms with Gasteiger partial charge in [-0.1, -0.05) is 13.3 Å². The first-order chi connectivity index (χ1) is 12.1. The Morgan fingerprint density at radius 2 is 2.12 bits per heavy atom. The van der Waals surface area contributed by atoms with Crippen LogP contribution in [0.3, 0.4) is 0 Å². The fourth-order valence-electron chi connectivity index (χ4n) is 2.69. The molecule has 0 bridgehead atoms. The molecule has 1 amide bonds. The van der Waals surface area contributed by atoms with E-state index in [1.165, 1.54) is 6.20 Å². The summed E-state index contributed by atoms with van der Waals surface area (Å²) in [5, 5.41) is 14.0. The first kappa shape index (κ1) is 16.6. The monoisotopic (exact) mass is 337 g/mol. The van der Waals surface area contributed by atoms with Gasteiger partial charge in [-0.25, -0.2) is 4.68 Å². The number of carbonyl (C=O) groups excluding carboxylic acids is 1. The number of unbranched alkanes of at least 4 members (excludes halogenated alkanes) is 1. The Hall–Kier alpha value is -3.22. The summed E-state index contributed by atoms with van der Waals surface area (Å²) in [5.74, 6) is -0.504. The van der Waals surface area contributed by atoms with Gasteiger partial charge >= 0.3 is 0 Å². The number of pyridine rings is 2. The van der Waals surface area contributed by atoms with E-state index in [0.717, 1.165) is 18.4 Å². The van der Waals surface area contributed by atoms with Gasteiger partial charge in [0.1, 0.15) is 5.75 Å². The standard InChI is InChI=1S/C18H19N5O2/c1-2-3-6-14-16(18(19)25)22-23(12-5-4-9-20-10-12)17(14)15-8-7-13(24)11-21-15/h4-5,7-11,24H,2-3,6H2,1H3,(H2,19,25). The number of amides is 1. The highest BCUT2D eigenvalue weighted by molar-refractivity contribution is 5.94. The van der Waals surface area contributed by atoms with Gasteiger partial charge < -0.3 is 10.8 Å². The fraction of sp³-hybridized carbons (Fsp3) is 0.222. The van der Waals surface area contributed by atoms with Gasteiger partial charge in [0, 0.05) is 11.8 Å². The van der Waals surface area contributed by atoms with Gasteiger partial charge in [-0.2, -0.15) is 5.10 Å². The minimum Gasteiger partial charge on any atom is -0.506 e. The van der Waals surface area contributed by atoms with Gasteiger partial charge in [0.15, 0.2) is 5.69 Å². The molecule has 0 spiro atoms. The lowest BCUT2D eigenvalue weighted by atomic mass is 10.0. The SMILES string of the molecule is CCCCc1c(C(N)=O)nn(-c2cccnc2)c1-c1ccc(O)cn1. The van der Waals surface area contributed by atoms with E-state index in [4.69, 9.17) is 5.73 Å². The van der Waals surface area contributed by atoms with Crippen molar-refractivity contribution in [2.24, 2.45) is 5.73 Å². The topological polar surface area (TPSA) is 107 Å². The third kappa shape index (κ3) is 3.35. The lowest BCUT2D eigenvalue weighted by molar-refractivity contribution is 0.0994. The Labute approximate surface area is 145 Å². The summed E-state index contributed by atoms with van der Waals surface area (Å²) in [6.07, 6.45) is 7.21. The molecule has 0 fully saturated rings. The van der Waals surface area contributed by atoms with E-state index < -0.39 is 5.91 Å². The number of aromatic nitrogens is 4. The van der Waals surface area contributed by atoms with Crippen molar-refractivity contribution in [1.29, 1.82) is 0 Å². The maximum absolute atomic E-state index is 11.9. The lowest BCUT2D eigenvalue weighted by Crippen LogP contribution is -2.14. The van der Waals surface area contributed by atoms with Crippen molar-refractivity contribution in [1.82, 2.24) is 19.7 Å². The van der Waals surface area contributed by atoms with Gasteiger partial charge in [-0.15, -0.1) is 0 Å². The highest BCUT2D eigenvalue weighted by Crippen LogP contribution is 2.29. The molecule has 25 heavy (non-hydrogen) atoms. The molecular weight excluding hydrogens is 318 g/mol. The molecule has 0 atom stereocenters. The van der Waals surface area contributed by atoms with Crippen LogP contribution in [0.2, 0.25) is 0 Å². The molecule has 0 saturated heterocycles. The van der Waals surface area contributed by atoms with Crippen LogP contribution in [0.5, 0.6) is 5.75 Å². The Balaban J connectivity index is 2.26. The van der Waals surface area contributed by atoms with Gasteiger partial charge in [-0.05, 0) is 37.1 Å². The number of aromatic hydroxyl groups is 1. The zero-order valence-electron chi connectivity index (χ0n) is 13.9. The van der Waals surface area contributed by atoms with Crippen molar-refractivity contribution in [2.75, 3.05) is 0 Å². The van der Waals surface area contributed by atoms with Crippen molar-refractivity contribution in [3.63, 3.8) is 0 Å². The van der Waals surface area contributed by atoms with E-state index in [0.29, 0.717) is 23.5 Å². The Bertz CT molecular complexity index is 872. The van der Waals surface area contributed by atoms with Crippen molar-refractivity contribution in [3.8, 4) is 22.8 Å². The number of hydrogen-bond acceptors (Lipinski definition) is 5. The fourth-order valence-corrected chi connectivity index (χ4v) is 2.69. The van der Waals surface area contributed by atoms with Gasteiger partial charge in [0.05, 0.1) is 29.5 Å². The predicted octanol–water partition coefficient (Wildman–Crippen LogP) is 2.48.